The van der Waals surface area contributed by atoms with Crippen LogP contribution in [0.5, 0.6) is 0 Å². The summed E-state index contributed by atoms with van der Waals surface area (Å²) in [6.45, 7) is 0.170. The molecule has 0 saturated heterocycles. The van der Waals surface area contributed by atoms with Gasteiger partial charge in [-0.2, -0.15) is 5.10 Å². The molecule has 1 amide bonds. The molecule has 21 heavy (non-hydrogen) atoms. The summed E-state index contributed by atoms with van der Waals surface area (Å²) in [5.41, 5.74) is 0.287. The number of rotatable bonds is 4. The Kier molecular flexibility index (Phi) is 3.34. The molecule has 0 bridgehead atoms. The zero-order valence-corrected chi connectivity index (χ0v) is 10.7. The number of carbonyl (C=O) groups excluding carboxylic acids is 1. The summed E-state index contributed by atoms with van der Waals surface area (Å²) in [6, 6.07) is 7.71. The van der Waals surface area contributed by atoms with E-state index in [1.54, 1.807) is 18.2 Å². The van der Waals surface area contributed by atoms with Crippen LogP contribution in [0.4, 0.5) is 0 Å². The summed E-state index contributed by atoms with van der Waals surface area (Å²) in [5.74, 6) is 0.614. The first-order chi connectivity index (χ1) is 10.2. The minimum absolute atomic E-state index is 0.115. The van der Waals surface area contributed by atoms with Gasteiger partial charge in [-0.25, -0.2) is 5.10 Å². The molecule has 0 atom stereocenters. The van der Waals surface area contributed by atoms with Crippen LogP contribution in [0, 0.1) is 0 Å². The first kappa shape index (κ1) is 12.9. The molecule has 3 aromatic heterocycles. The van der Waals surface area contributed by atoms with Crippen molar-refractivity contribution in [3.63, 3.8) is 0 Å². The molecule has 3 heterocycles. The van der Waals surface area contributed by atoms with E-state index in [4.69, 9.17) is 8.94 Å². The Labute approximate surface area is 117 Å². The zero-order chi connectivity index (χ0) is 14.7. The van der Waals surface area contributed by atoms with E-state index in [1.165, 1.54) is 18.4 Å². The number of nitrogens with one attached hydrogen (secondary N) is 2. The molecule has 0 saturated carbocycles. The first-order valence-corrected chi connectivity index (χ1v) is 6.06. The van der Waals surface area contributed by atoms with Crippen LogP contribution in [0.25, 0.3) is 11.5 Å². The van der Waals surface area contributed by atoms with Gasteiger partial charge in [-0.3, -0.25) is 9.59 Å². The summed E-state index contributed by atoms with van der Waals surface area (Å²) in [4.78, 5) is 22.7. The fourth-order valence-corrected chi connectivity index (χ4v) is 1.66. The number of hydrogen-bond donors (Lipinski definition) is 2. The normalized spacial score (nSPS) is 10.5. The lowest BCUT2D eigenvalue weighted by molar-refractivity contribution is 0.0944. The predicted octanol–water partition coefficient (Wildman–Crippen LogP) is 0.948. The van der Waals surface area contributed by atoms with Gasteiger partial charge in [0.1, 0.15) is 11.4 Å². The number of furan rings is 1. The molecule has 0 aromatic carbocycles. The highest BCUT2D eigenvalue weighted by atomic mass is 16.5. The van der Waals surface area contributed by atoms with Crippen molar-refractivity contribution in [2.45, 2.75) is 6.54 Å². The number of hydrogen-bond acceptors (Lipinski definition) is 6. The summed E-state index contributed by atoms with van der Waals surface area (Å²) < 4.78 is 10.3. The van der Waals surface area contributed by atoms with Crippen molar-refractivity contribution in [2.24, 2.45) is 0 Å². The predicted molar refractivity (Wildman–Crippen MR) is 70.2 cm³/mol. The number of carbonyl (C=O) groups is 1. The highest BCUT2D eigenvalue weighted by Gasteiger charge is 2.11. The Bertz CT molecular complexity index is 783. The Morgan fingerprint density at radius 2 is 2.19 bits per heavy atom. The highest BCUT2D eigenvalue weighted by molar-refractivity contribution is 5.91. The number of H-pyrrole nitrogens is 1. The molecule has 3 aromatic rings. The van der Waals surface area contributed by atoms with Crippen LogP contribution in [0.15, 0.2) is 50.3 Å². The fourth-order valence-electron chi connectivity index (χ4n) is 1.66. The van der Waals surface area contributed by atoms with Gasteiger partial charge in [0, 0.05) is 12.1 Å². The SMILES string of the molecule is O=C(NCc1cc(-c2ccco2)on1)c1ccc(=O)[nH]n1. The van der Waals surface area contributed by atoms with Crippen molar-refractivity contribution in [3.8, 4) is 11.5 Å². The van der Waals surface area contributed by atoms with Crippen LogP contribution in [0.1, 0.15) is 16.2 Å². The fraction of sp³-hybridized carbons (Fsp3) is 0.0769. The van der Waals surface area contributed by atoms with Crippen LogP contribution in [-0.2, 0) is 6.54 Å². The standard InChI is InChI=1S/C13H10N4O4/c18-12-4-3-9(15-16-12)13(19)14-7-8-6-11(21-17-8)10-2-1-5-20-10/h1-6H,7H2,(H,14,19)(H,16,18). The largest absolute Gasteiger partial charge is 0.461 e. The van der Waals surface area contributed by atoms with E-state index < -0.39 is 5.91 Å². The topological polar surface area (TPSA) is 114 Å². The van der Waals surface area contributed by atoms with E-state index in [2.05, 4.69) is 20.7 Å². The maximum absolute atomic E-state index is 11.8. The Morgan fingerprint density at radius 1 is 1.29 bits per heavy atom. The molecule has 0 aliphatic carbocycles. The molecule has 106 valence electrons. The van der Waals surface area contributed by atoms with E-state index >= 15 is 0 Å². The molecule has 2 N–H and O–H groups in total. The molecule has 0 unspecified atom stereocenters. The van der Waals surface area contributed by atoms with Gasteiger partial charge in [0.15, 0.2) is 5.76 Å². The van der Waals surface area contributed by atoms with Crippen LogP contribution in [0.3, 0.4) is 0 Å². The summed E-state index contributed by atoms with van der Waals surface area (Å²) in [6.07, 6.45) is 1.53. The third-order valence-corrected chi connectivity index (χ3v) is 2.66. The second-order valence-corrected chi connectivity index (χ2v) is 4.15. The quantitative estimate of drug-likeness (QED) is 0.738. The smallest absolute Gasteiger partial charge is 0.272 e. The lowest BCUT2D eigenvalue weighted by Crippen LogP contribution is -2.25. The van der Waals surface area contributed by atoms with Crippen molar-refractivity contribution in [1.82, 2.24) is 20.7 Å². The maximum atomic E-state index is 11.8. The van der Waals surface area contributed by atoms with Crippen molar-refractivity contribution in [1.29, 1.82) is 0 Å². The molecule has 0 radical (unpaired) electrons. The number of nitrogens with zero attached hydrogens (tertiary/aromatic N) is 2. The average Bonchev–Trinajstić information content (AvgIpc) is 3.16. The van der Waals surface area contributed by atoms with E-state index in [9.17, 15) is 9.59 Å². The highest BCUT2D eigenvalue weighted by Crippen LogP contribution is 2.20. The van der Waals surface area contributed by atoms with Gasteiger partial charge in [-0.05, 0) is 18.2 Å². The van der Waals surface area contributed by atoms with E-state index in [1.807, 2.05) is 0 Å². The van der Waals surface area contributed by atoms with Crippen LogP contribution >= 0.6 is 0 Å². The Morgan fingerprint density at radius 3 is 2.90 bits per heavy atom. The molecule has 8 nitrogen and oxygen atoms in total. The van der Waals surface area contributed by atoms with Crippen LogP contribution < -0.4 is 10.9 Å². The second kappa shape index (κ2) is 5.45. The van der Waals surface area contributed by atoms with Crippen molar-refractivity contribution >= 4 is 5.91 Å². The molecular formula is C13H10N4O4. The van der Waals surface area contributed by atoms with Gasteiger partial charge >= 0.3 is 0 Å². The number of amides is 1. The van der Waals surface area contributed by atoms with Gasteiger partial charge < -0.3 is 14.3 Å². The molecule has 0 spiro atoms. The molecule has 0 fully saturated rings. The zero-order valence-electron chi connectivity index (χ0n) is 10.7. The molecule has 8 heteroatoms. The van der Waals surface area contributed by atoms with Crippen LogP contribution in [0.2, 0.25) is 0 Å². The first-order valence-electron chi connectivity index (χ1n) is 6.06. The third kappa shape index (κ3) is 2.89. The molecule has 0 aliphatic heterocycles. The monoisotopic (exact) mass is 286 g/mol. The van der Waals surface area contributed by atoms with Crippen molar-refractivity contribution in [3.05, 3.63) is 58.3 Å². The van der Waals surface area contributed by atoms with Gasteiger partial charge in [0.2, 0.25) is 5.76 Å². The average molecular weight is 286 g/mol. The van der Waals surface area contributed by atoms with E-state index in [-0.39, 0.29) is 17.8 Å². The second-order valence-electron chi connectivity index (χ2n) is 4.15. The van der Waals surface area contributed by atoms with Gasteiger partial charge in [0.25, 0.3) is 11.5 Å². The molecule has 0 aliphatic rings. The van der Waals surface area contributed by atoms with E-state index in [0.717, 1.165) is 0 Å². The third-order valence-electron chi connectivity index (χ3n) is 2.66. The summed E-state index contributed by atoms with van der Waals surface area (Å²) in [5, 5.41) is 12.3. The van der Waals surface area contributed by atoms with Gasteiger partial charge in [0.05, 0.1) is 12.8 Å². The lowest BCUT2D eigenvalue weighted by Gasteiger charge is -2.00. The van der Waals surface area contributed by atoms with Crippen molar-refractivity contribution < 1.29 is 13.7 Å². The van der Waals surface area contributed by atoms with Crippen molar-refractivity contribution in [2.75, 3.05) is 0 Å². The number of aromatic amines is 1. The Hall–Kier alpha value is -3.16. The van der Waals surface area contributed by atoms with Gasteiger partial charge in [-0.15, -0.1) is 0 Å². The molecular weight excluding hydrogens is 276 g/mol. The minimum Gasteiger partial charge on any atom is -0.461 e. The Balaban J connectivity index is 1.64. The molecule has 3 rings (SSSR count). The lowest BCUT2D eigenvalue weighted by atomic mass is 10.3. The summed E-state index contributed by atoms with van der Waals surface area (Å²) >= 11 is 0. The van der Waals surface area contributed by atoms with Crippen LogP contribution in [-0.4, -0.2) is 21.3 Å². The van der Waals surface area contributed by atoms with E-state index in [0.29, 0.717) is 17.2 Å². The van der Waals surface area contributed by atoms with Gasteiger partial charge in [-0.1, -0.05) is 5.16 Å². The maximum Gasteiger partial charge on any atom is 0.272 e. The number of aromatic nitrogens is 3. The minimum atomic E-state index is -0.422. The summed E-state index contributed by atoms with van der Waals surface area (Å²) in [7, 11) is 0.